The van der Waals surface area contributed by atoms with Crippen LogP contribution in [-0.4, -0.2) is 57.8 Å². The van der Waals surface area contributed by atoms with Gasteiger partial charge in [-0.05, 0) is 54.4 Å². The van der Waals surface area contributed by atoms with Crippen molar-refractivity contribution in [2.24, 2.45) is 5.73 Å². The monoisotopic (exact) mass is 478 g/mol. The number of rotatable bonds is 9. The number of amides is 2. The van der Waals surface area contributed by atoms with Crippen LogP contribution in [0.25, 0.3) is 11.0 Å². The number of nitrogens with two attached hydrogens (primary N) is 1. The van der Waals surface area contributed by atoms with Crippen molar-refractivity contribution in [2.75, 3.05) is 13.1 Å². The Bertz CT molecular complexity index is 1270. The van der Waals surface area contributed by atoms with Gasteiger partial charge in [-0.15, -0.1) is 0 Å². The number of hydrogen-bond donors (Lipinski definition) is 3. The van der Waals surface area contributed by atoms with Gasteiger partial charge in [0.2, 0.25) is 0 Å². The largest absolute Gasteiger partial charge is 0.481 e. The average Bonchev–Trinajstić information content (AvgIpc) is 3.30. The number of fused-ring (bicyclic) bond motifs is 1. The SMILES string of the molecule is CCCN1C(=O)C(=O)N(C(CC(=O)O)c2ccc3occc3c2)CC1Oc1ccc(C(=N)N)cc1. The molecule has 0 aliphatic carbocycles. The van der Waals surface area contributed by atoms with E-state index < -0.39 is 30.1 Å². The van der Waals surface area contributed by atoms with Crippen LogP contribution in [0.15, 0.2) is 59.2 Å². The summed E-state index contributed by atoms with van der Waals surface area (Å²) < 4.78 is 11.5. The fourth-order valence-electron chi connectivity index (χ4n) is 4.22. The van der Waals surface area contributed by atoms with Crippen LogP contribution in [0.1, 0.15) is 36.9 Å². The maximum absolute atomic E-state index is 13.2. The van der Waals surface area contributed by atoms with Gasteiger partial charge in [-0.1, -0.05) is 13.0 Å². The van der Waals surface area contributed by atoms with Crippen molar-refractivity contribution < 1.29 is 28.6 Å². The third kappa shape index (κ3) is 4.96. The molecular weight excluding hydrogens is 452 g/mol. The van der Waals surface area contributed by atoms with Crippen molar-refractivity contribution in [2.45, 2.75) is 32.0 Å². The topological polar surface area (TPSA) is 150 Å². The van der Waals surface area contributed by atoms with E-state index >= 15 is 0 Å². The number of aliphatic carboxylic acids is 1. The predicted octanol–water partition coefficient (Wildman–Crippen LogP) is 2.72. The first-order valence-corrected chi connectivity index (χ1v) is 11.2. The molecule has 3 aromatic rings. The van der Waals surface area contributed by atoms with E-state index in [0.29, 0.717) is 35.4 Å². The minimum absolute atomic E-state index is 0.0135. The van der Waals surface area contributed by atoms with Crippen molar-refractivity contribution >= 4 is 34.6 Å². The highest BCUT2D eigenvalue weighted by Gasteiger charge is 2.43. The third-order valence-corrected chi connectivity index (χ3v) is 5.91. The second kappa shape index (κ2) is 9.88. The first-order chi connectivity index (χ1) is 16.8. The number of carboxylic acids is 1. The minimum atomic E-state index is -1.10. The van der Waals surface area contributed by atoms with Gasteiger partial charge in [0.1, 0.15) is 17.2 Å². The Labute approximate surface area is 201 Å². The van der Waals surface area contributed by atoms with E-state index in [1.54, 1.807) is 48.5 Å². The Morgan fingerprint density at radius 3 is 2.60 bits per heavy atom. The van der Waals surface area contributed by atoms with E-state index in [1.165, 1.54) is 16.1 Å². The molecule has 1 saturated heterocycles. The Balaban J connectivity index is 1.67. The zero-order valence-electron chi connectivity index (χ0n) is 19.1. The lowest BCUT2D eigenvalue weighted by atomic mass is 9.99. The van der Waals surface area contributed by atoms with Crippen LogP contribution in [0.3, 0.4) is 0 Å². The Hall–Kier alpha value is -4.34. The van der Waals surface area contributed by atoms with E-state index in [2.05, 4.69) is 0 Å². The first kappa shape index (κ1) is 23.8. The number of furan rings is 1. The van der Waals surface area contributed by atoms with Crippen LogP contribution in [-0.2, 0) is 14.4 Å². The molecule has 2 atom stereocenters. The van der Waals surface area contributed by atoms with Crippen LogP contribution in [0, 0.1) is 5.41 Å². The van der Waals surface area contributed by atoms with Crippen LogP contribution in [0.4, 0.5) is 0 Å². The second-order valence-corrected chi connectivity index (χ2v) is 8.30. The third-order valence-electron chi connectivity index (χ3n) is 5.91. The lowest BCUT2D eigenvalue weighted by Crippen LogP contribution is -2.62. The van der Waals surface area contributed by atoms with Gasteiger partial charge in [0.25, 0.3) is 0 Å². The molecule has 0 bridgehead atoms. The van der Waals surface area contributed by atoms with E-state index in [0.717, 1.165) is 5.39 Å². The number of nitrogens with zero attached hydrogens (tertiary/aromatic N) is 2. The average molecular weight is 479 g/mol. The second-order valence-electron chi connectivity index (χ2n) is 8.30. The van der Waals surface area contributed by atoms with Crippen LogP contribution in [0.2, 0.25) is 0 Å². The van der Waals surface area contributed by atoms with Gasteiger partial charge in [-0.3, -0.25) is 24.7 Å². The van der Waals surface area contributed by atoms with Gasteiger partial charge >= 0.3 is 17.8 Å². The molecule has 1 aromatic heterocycles. The Kier molecular flexibility index (Phi) is 6.72. The number of carbonyl (C=O) groups is 3. The molecule has 1 fully saturated rings. The van der Waals surface area contributed by atoms with E-state index in [1.807, 2.05) is 6.92 Å². The van der Waals surface area contributed by atoms with Crippen LogP contribution < -0.4 is 10.5 Å². The van der Waals surface area contributed by atoms with Gasteiger partial charge < -0.3 is 24.9 Å². The number of benzene rings is 2. The summed E-state index contributed by atoms with van der Waals surface area (Å²) in [5, 5.41) is 17.9. The van der Waals surface area contributed by atoms with Crippen LogP contribution >= 0.6 is 0 Å². The van der Waals surface area contributed by atoms with Crippen molar-refractivity contribution in [3.63, 3.8) is 0 Å². The molecule has 182 valence electrons. The maximum Gasteiger partial charge on any atom is 0.315 e. The molecule has 2 heterocycles. The number of ether oxygens (including phenoxy) is 1. The van der Waals surface area contributed by atoms with Crippen molar-refractivity contribution in [1.29, 1.82) is 5.41 Å². The quantitative estimate of drug-likeness (QED) is 0.243. The van der Waals surface area contributed by atoms with Gasteiger partial charge in [0, 0.05) is 17.5 Å². The molecule has 0 saturated carbocycles. The molecule has 2 aromatic carbocycles. The summed E-state index contributed by atoms with van der Waals surface area (Å²) in [5.74, 6) is -2.28. The number of nitrogen functional groups attached to an aromatic ring is 1. The number of piperazine rings is 1. The Morgan fingerprint density at radius 1 is 1.20 bits per heavy atom. The molecule has 2 amide bonds. The lowest BCUT2D eigenvalue weighted by Gasteiger charge is -2.43. The van der Waals surface area contributed by atoms with Gasteiger partial charge in [-0.2, -0.15) is 0 Å². The number of hydrogen-bond acceptors (Lipinski definition) is 6. The van der Waals surface area contributed by atoms with Gasteiger partial charge in [-0.25, -0.2) is 0 Å². The number of nitrogens with one attached hydrogen (secondary N) is 1. The highest BCUT2D eigenvalue weighted by Crippen LogP contribution is 2.31. The summed E-state index contributed by atoms with van der Waals surface area (Å²) in [6, 6.07) is 12.6. The van der Waals surface area contributed by atoms with Gasteiger partial charge in [0.05, 0.1) is 25.3 Å². The molecule has 4 N–H and O–H groups in total. The Morgan fingerprint density at radius 2 is 1.94 bits per heavy atom. The molecule has 1 aliphatic heterocycles. The van der Waals surface area contributed by atoms with Crippen molar-refractivity contribution in [3.8, 4) is 5.75 Å². The van der Waals surface area contributed by atoms with Crippen LogP contribution in [0.5, 0.6) is 5.75 Å². The molecule has 10 nitrogen and oxygen atoms in total. The molecule has 1 aliphatic rings. The molecule has 4 rings (SSSR count). The lowest BCUT2D eigenvalue weighted by molar-refractivity contribution is -0.169. The van der Waals surface area contributed by atoms with Crippen molar-refractivity contribution in [3.05, 3.63) is 65.9 Å². The zero-order valence-corrected chi connectivity index (χ0v) is 19.1. The summed E-state index contributed by atoms with van der Waals surface area (Å²) in [5.41, 5.74) is 7.24. The minimum Gasteiger partial charge on any atom is -0.481 e. The molecule has 2 unspecified atom stereocenters. The standard InChI is InChI=1S/C25H26N4O6/c1-2-10-28-21(35-18-6-3-15(4-7-18)23(26)27)14-29(25(33)24(28)32)19(13-22(30)31)16-5-8-20-17(12-16)9-11-34-20/h3-9,11-12,19,21H,2,10,13-14H2,1H3,(H3,26,27)(H,30,31). The summed E-state index contributed by atoms with van der Waals surface area (Å²) >= 11 is 0. The zero-order chi connectivity index (χ0) is 25.1. The number of carbonyl (C=O) groups excluding carboxylic acids is 2. The molecule has 0 radical (unpaired) electrons. The van der Waals surface area contributed by atoms with E-state index in [-0.39, 0.29) is 18.8 Å². The first-order valence-electron chi connectivity index (χ1n) is 11.2. The highest BCUT2D eigenvalue weighted by atomic mass is 16.5. The van der Waals surface area contributed by atoms with Gasteiger partial charge in [0.15, 0.2) is 6.23 Å². The van der Waals surface area contributed by atoms with E-state index in [4.69, 9.17) is 20.3 Å². The summed E-state index contributed by atoms with van der Waals surface area (Å²) in [6.45, 7) is 2.18. The maximum atomic E-state index is 13.2. The predicted molar refractivity (Wildman–Crippen MR) is 127 cm³/mol. The van der Waals surface area contributed by atoms with Crippen molar-refractivity contribution in [1.82, 2.24) is 9.80 Å². The number of carboxylic acid groups (broad SMARTS) is 1. The molecule has 0 spiro atoms. The summed E-state index contributed by atoms with van der Waals surface area (Å²) in [4.78, 5) is 40.7. The van der Waals surface area contributed by atoms with E-state index in [9.17, 15) is 19.5 Å². The fourth-order valence-corrected chi connectivity index (χ4v) is 4.22. The smallest absolute Gasteiger partial charge is 0.315 e. The fraction of sp³-hybridized carbons (Fsp3) is 0.280. The highest BCUT2D eigenvalue weighted by molar-refractivity contribution is 6.35. The molecule has 35 heavy (non-hydrogen) atoms. The normalized spacial score (nSPS) is 17.0. The molecule has 10 heteroatoms. The summed E-state index contributed by atoms with van der Waals surface area (Å²) in [6.07, 6.45) is 0.936. The summed E-state index contributed by atoms with van der Waals surface area (Å²) in [7, 11) is 0. The molecular formula is C25H26N4O6. The number of amidine groups is 1.